The molecule has 1 heterocycles. The average molecular weight is 240 g/mol. The molecule has 2 rings (SSSR count). The van der Waals surface area contributed by atoms with Crippen molar-refractivity contribution in [3.05, 3.63) is 35.9 Å². The van der Waals surface area contributed by atoms with Crippen molar-refractivity contribution in [2.75, 3.05) is 20.1 Å². The number of benzene rings is 1. The van der Waals surface area contributed by atoms with E-state index < -0.39 is 0 Å². The van der Waals surface area contributed by atoms with Gasteiger partial charge in [-0.2, -0.15) is 0 Å². The van der Waals surface area contributed by atoms with Crippen molar-refractivity contribution in [3.63, 3.8) is 0 Å². The summed E-state index contributed by atoms with van der Waals surface area (Å²) < 4.78 is 0. The van der Waals surface area contributed by atoms with Crippen LogP contribution < -0.4 is 17.7 Å². The molecule has 1 aromatic rings. The van der Waals surface area contributed by atoms with Gasteiger partial charge < -0.3 is 17.7 Å². The lowest BCUT2D eigenvalue weighted by atomic mass is 10.0. The molecule has 0 atom stereocenters. The monoisotopic (exact) mass is 239 g/mol. The van der Waals surface area contributed by atoms with E-state index in [1.807, 2.05) is 0 Å². The Kier molecular flexibility index (Phi) is 5.81. The summed E-state index contributed by atoms with van der Waals surface area (Å²) in [5, 5.41) is 3.41. The van der Waals surface area contributed by atoms with E-state index >= 15 is 0 Å². The SMILES string of the molecule is CN(Cc1ccccc1)C1CCNCC1.[Cl-]. The summed E-state index contributed by atoms with van der Waals surface area (Å²) in [5.74, 6) is 0. The molecule has 0 aliphatic carbocycles. The van der Waals surface area contributed by atoms with Gasteiger partial charge in [0.15, 0.2) is 0 Å². The summed E-state index contributed by atoms with van der Waals surface area (Å²) >= 11 is 0. The van der Waals surface area contributed by atoms with Crippen molar-refractivity contribution >= 4 is 0 Å². The van der Waals surface area contributed by atoms with E-state index in [9.17, 15) is 0 Å². The van der Waals surface area contributed by atoms with Crippen molar-refractivity contribution in [1.82, 2.24) is 10.2 Å². The molecular formula is C13H20ClN2-. The molecule has 1 N–H and O–H groups in total. The van der Waals surface area contributed by atoms with Gasteiger partial charge >= 0.3 is 0 Å². The Labute approximate surface area is 104 Å². The van der Waals surface area contributed by atoms with Gasteiger partial charge in [-0.05, 0) is 38.5 Å². The zero-order valence-corrected chi connectivity index (χ0v) is 10.6. The van der Waals surface area contributed by atoms with Gasteiger partial charge in [-0.25, -0.2) is 0 Å². The third kappa shape index (κ3) is 3.78. The van der Waals surface area contributed by atoms with Gasteiger partial charge in [0, 0.05) is 12.6 Å². The third-order valence-corrected chi connectivity index (χ3v) is 3.21. The molecule has 16 heavy (non-hydrogen) atoms. The molecule has 1 fully saturated rings. The molecule has 0 amide bonds. The molecule has 2 nitrogen and oxygen atoms in total. The lowest BCUT2D eigenvalue weighted by Crippen LogP contribution is -3.00. The van der Waals surface area contributed by atoms with Crippen LogP contribution in [0.1, 0.15) is 18.4 Å². The summed E-state index contributed by atoms with van der Waals surface area (Å²) in [7, 11) is 2.24. The van der Waals surface area contributed by atoms with Gasteiger partial charge in [-0.1, -0.05) is 30.3 Å². The molecule has 0 spiro atoms. The Hall–Kier alpha value is -0.570. The molecule has 0 bridgehead atoms. The van der Waals surface area contributed by atoms with Crippen LogP contribution >= 0.6 is 0 Å². The summed E-state index contributed by atoms with van der Waals surface area (Å²) in [4.78, 5) is 2.48. The topological polar surface area (TPSA) is 15.3 Å². The number of rotatable bonds is 3. The van der Waals surface area contributed by atoms with Gasteiger partial charge in [0.05, 0.1) is 0 Å². The molecule has 0 radical (unpaired) electrons. The summed E-state index contributed by atoms with van der Waals surface area (Å²) in [6.45, 7) is 3.42. The highest BCUT2D eigenvalue weighted by molar-refractivity contribution is 5.14. The zero-order chi connectivity index (χ0) is 10.5. The minimum absolute atomic E-state index is 0. The summed E-state index contributed by atoms with van der Waals surface area (Å²) in [6.07, 6.45) is 2.56. The number of piperidine rings is 1. The predicted octanol–water partition coefficient (Wildman–Crippen LogP) is -1.13. The smallest absolute Gasteiger partial charge is 0.0233 e. The quantitative estimate of drug-likeness (QED) is 0.719. The maximum Gasteiger partial charge on any atom is 0.0233 e. The first kappa shape index (κ1) is 13.5. The van der Waals surface area contributed by atoms with Gasteiger partial charge in [0.2, 0.25) is 0 Å². The van der Waals surface area contributed by atoms with E-state index in [0.29, 0.717) is 0 Å². The van der Waals surface area contributed by atoms with E-state index in [1.165, 1.54) is 31.5 Å². The first-order chi connectivity index (χ1) is 7.36. The first-order valence-electron chi connectivity index (χ1n) is 5.81. The Morgan fingerprint density at radius 1 is 1.19 bits per heavy atom. The number of halogens is 1. The highest BCUT2D eigenvalue weighted by Crippen LogP contribution is 2.13. The van der Waals surface area contributed by atoms with Crippen molar-refractivity contribution in [3.8, 4) is 0 Å². The van der Waals surface area contributed by atoms with E-state index in [1.54, 1.807) is 0 Å². The fourth-order valence-corrected chi connectivity index (χ4v) is 2.25. The van der Waals surface area contributed by atoms with Gasteiger partial charge in [0.1, 0.15) is 0 Å². The Balaban J connectivity index is 0.00000128. The van der Waals surface area contributed by atoms with Crippen LogP contribution in [0.5, 0.6) is 0 Å². The van der Waals surface area contributed by atoms with Crippen molar-refractivity contribution in [1.29, 1.82) is 0 Å². The van der Waals surface area contributed by atoms with Crippen LogP contribution in [-0.4, -0.2) is 31.1 Å². The van der Waals surface area contributed by atoms with Crippen molar-refractivity contribution in [2.45, 2.75) is 25.4 Å². The van der Waals surface area contributed by atoms with E-state index in [4.69, 9.17) is 0 Å². The molecule has 0 aromatic heterocycles. The molecular weight excluding hydrogens is 220 g/mol. The maximum absolute atomic E-state index is 3.41. The minimum Gasteiger partial charge on any atom is -1.00 e. The van der Waals surface area contributed by atoms with Crippen LogP contribution in [0, 0.1) is 0 Å². The fourth-order valence-electron chi connectivity index (χ4n) is 2.25. The number of nitrogens with one attached hydrogen (secondary N) is 1. The van der Waals surface area contributed by atoms with E-state index in [2.05, 4.69) is 47.6 Å². The zero-order valence-electron chi connectivity index (χ0n) is 9.82. The third-order valence-electron chi connectivity index (χ3n) is 3.21. The Morgan fingerprint density at radius 3 is 2.44 bits per heavy atom. The van der Waals surface area contributed by atoms with Gasteiger partial charge in [-0.15, -0.1) is 0 Å². The lowest BCUT2D eigenvalue weighted by Gasteiger charge is -2.31. The first-order valence-corrected chi connectivity index (χ1v) is 5.81. The molecule has 1 aliphatic heterocycles. The standard InChI is InChI=1S/C13H20N2.ClH/c1-15(13-7-9-14-10-8-13)11-12-5-3-2-4-6-12;/h2-6,13-14H,7-11H2,1H3;1H/p-1. The Morgan fingerprint density at radius 2 is 1.81 bits per heavy atom. The molecule has 0 saturated carbocycles. The fraction of sp³-hybridized carbons (Fsp3) is 0.538. The van der Waals surface area contributed by atoms with Gasteiger partial charge in [0.25, 0.3) is 0 Å². The average Bonchev–Trinajstić information content (AvgIpc) is 2.31. The summed E-state index contributed by atoms with van der Waals surface area (Å²) in [5.41, 5.74) is 1.42. The van der Waals surface area contributed by atoms with Crippen LogP contribution in [0.3, 0.4) is 0 Å². The molecule has 1 aliphatic rings. The Bertz CT molecular complexity index is 283. The number of nitrogens with zero attached hydrogens (tertiary/aromatic N) is 1. The molecule has 1 saturated heterocycles. The molecule has 0 unspecified atom stereocenters. The summed E-state index contributed by atoms with van der Waals surface area (Å²) in [6, 6.07) is 11.5. The molecule has 1 aromatic carbocycles. The van der Waals surface area contributed by atoms with Crippen molar-refractivity contribution < 1.29 is 12.4 Å². The van der Waals surface area contributed by atoms with Crippen LogP contribution in [0.25, 0.3) is 0 Å². The maximum atomic E-state index is 3.41. The largest absolute Gasteiger partial charge is 1.00 e. The lowest BCUT2D eigenvalue weighted by molar-refractivity contribution is -0.00000321. The highest BCUT2D eigenvalue weighted by atomic mass is 35.5. The number of hydrogen-bond donors (Lipinski definition) is 1. The van der Waals surface area contributed by atoms with Crippen LogP contribution in [0.4, 0.5) is 0 Å². The molecule has 90 valence electrons. The van der Waals surface area contributed by atoms with E-state index in [0.717, 1.165) is 12.6 Å². The second kappa shape index (κ2) is 6.89. The normalized spacial score (nSPS) is 17.1. The van der Waals surface area contributed by atoms with Crippen LogP contribution in [0.2, 0.25) is 0 Å². The predicted molar refractivity (Wildman–Crippen MR) is 63.8 cm³/mol. The minimum atomic E-state index is 0. The van der Waals surface area contributed by atoms with Gasteiger partial charge in [-0.3, -0.25) is 4.90 Å². The number of hydrogen-bond acceptors (Lipinski definition) is 2. The highest BCUT2D eigenvalue weighted by Gasteiger charge is 2.17. The second-order valence-corrected chi connectivity index (χ2v) is 4.38. The second-order valence-electron chi connectivity index (χ2n) is 4.38. The van der Waals surface area contributed by atoms with Crippen molar-refractivity contribution in [2.24, 2.45) is 0 Å². The van der Waals surface area contributed by atoms with Crippen LogP contribution in [-0.2, 0) is 6.54 Å². The van der Waals surface area contributed by atoms with Crippen LogP contribution in [0.15, 0.2) is 30.3 Å². The molecule has 3 heteroatoms. The van der Waals surface area contributed by atoms with E-state index in [-0.39, 0.29) is 12.4 Å².